The molecule has 4 nitrogen and oxygen atoms in total. The molecule has 5 heteroatoms. The summed E-state index contributed by atoms with van der Waals surface area (Å²) in [7, 11) is 1.98. The Kier molecular flexibility index (Phi) is 5.59. The Hall–Kier alpha value is -1.59. The van der Waals surface area contributed by atoms with E-state index in [9.17, 15) is 0 Å². The number of aliphatic hydroxyl groups is 1. The van der Waals surface area contributed by atoms with Gasteiger partial charge in [-0.05, 0) is 24.3 Å². The Morgan fingerprint density at radius 3 is 2.57 bits per heavy atom. The molecular formula is C16H23N3OS. The third kappa shape index (κ3) is 4.44. The third-order valence-corrected chi connectivity index (χ3v) is 4.57. The Morgan fingerprint density at radius 1 is 1.29 bits per heavy atom. The molecule has 0 radical (unpaired) electrons. The highest BCUT2D eigenvalue weighted by Gasteiger charge is 2.05. The summed E-state index contributed by atoms with van der Waals surface area (Å²) in [5.41, 5.74) is 2.20. The van der Waals surface area contributed by atoms with Crippen LogP contribution in [0.15, 0.2) is 30.5 Å². The summed E-state index contributed by atoms with van der Waals surface area (Å²) in [6, 6.07) is 8.25. The lowest BCUT2D eigenvalue weighted by Gasteiger charge is -2.18. The van der Waals surface area contributed by atoms with Crippen LogP contribution in [0.1, 0.15) is 29.7 Å². The van der Waals surface area contributed by atoms with Crippen molar-refractivity contribution in [1.29, 1.82) is 0 Å². The van der Waals surface area contributed by atoms with Gasteiger partial charge in [-0.1, -0.05) is 13.8 Å². The van der Waals surface area contributed by atoms with Gasteiger partial charge in [-0.15, -0.1) is 11.3 Å². The van der Waals surface area contributed by atoms with Crippen LogP contribution in [0.25, 0.3) is 0 Å². The van der Waals surface area contributed by atoms with Crippen molar-refractivity contribution in [1.82, 2.24) is 4.98 Å². The second-order valence-electron chi connectivity index (χ2n) is 5.37. The number of anilines is 2. The Labute approximate surface area is 130 Å². The van der Waals surface area contributed by atoms with E-state index >= 15 is 0 Å². The van der Waals surface area contributed by atoms with Gasteiger partial charge in [0.15, 0.2) is 0 Å². The Morgan fingerprint density at radius 2 is 2.00 bits per heavy atom. The van der Waals surface area contributed by atoms with Gasteiger partial charge in [0.25, 0.3) is 0 Å². The van der Waals surface area contributed by atoms with Crippen LogP contribution in [-0.4, -0.2) is 30.3 Å². The average Bonchev–Trinajstić information content (AvgIpc) is 2.95. The molecule has 114 valence electrons. The maximum atomic E-state index is 8.95. The molecule has 0 bridgehead atoms. The second-order valence-corrected chi connectivity index (χ2v) is 6.51. The predicted molar refractivity (Wildman–Crippen MR) is 90.3 cm³/mol. The van der Waals surface area contributed by atoms with Crippen molar-refractivity contribution in [3.63, 3.8) is 0 Å². The van der Waals surface area contributed by atoms with Gasteiger partial charge in [0.1, 0.15) is 0 Å². The zero-order chi connectivity index (χ0) is 15.2. The molecule has 2 rings (SSSR count). The van der Waals surface area contributed by atoms with E-state index in [1.54, 1.807) is 11.3 Å². The zero-order valence-electron chi connectivity index (χ0n) is 12.8. The molecule has 0 aliphatic carbocycles. The van der Waals surface area contributed by atoms with Crippen molar-refractivity contribution in [3.8, 4) is 0 Å². The molecule has 21 heavy (non-hydrogen) atoms. The van der Waals surface area contributed by atoms with Gasteiger partial charge in [-0.25, -0.2) is 4.98 Å². The minimum absolute atomic E-state index is 0.167. The molecule has 1 aromatic heterocycles. The lowest BCUT2D eigenvalue weighted by atomic mass is 10.2. The maximum Gasteiger partial charge on any atom is 0.0953 e. The summed E-state index contributed by atoms with van der Waals surface area (Å²) in [6.45, 7) is 5.94. The highest BCUT2D eigenvalue weighted by molar-refractivity contribution is 7.11. The SMILES string of the molecule is CC(C)c1ncc(CNc2ccc(N(C)CCO)cc2)s1. The number of thiazole rings is 1. The zero-order valence-corrected chi connectivity index (χ0v) is 13.7. The number of hydrogen-bond donors (Lipinski definition) is 2. The van der Waals surface area contributed by atoms with Gasteiger partial charge in [-0.2, -0.15) is 0 Å². The molecule has 0 unspecified atom stereocenters. The van der Waals surface area contributed by atoms with Crippen LogP contribution in [0.3, 0.4) is 0 Å². The van der Waals surface area contributed by atoms with Crippen LogP contribution in [-0.2, 0) is 6.54 Å². The quantitative estimate of drug-likeness (QED) is 0.824. The van der Waals surface area contributed by atoms with Crippen molar-refractivity contribution in [2.24, 2.45) is 0 Å². The van der Waals surface area contributed by atoms with E-state index in [1.807, 2.05) is 18.1 Å². The number of benzene rings is 1. The smallest absolute Gasteiger partial charge is 0.0953 e. The largest absolute Gasteiger partial charge is 0.395 e. The fourth-order valence-corrected chi connectivity index (χ4v) is 2.83. The number of nitrogens with one attached hydrogen (secondary N) is 1. The molecular weight excluding hydrogens is 282 g/mol. The highest BCUT2D eigenvalue weighted by atomic mass is 32.1. The average molecular weight is 305 g/mol. The van der Waals surface area contributed by atoms with E-state index < -0.39 is 0 Å². The summed E-state index contributed by atoms with van der Waals surface area (Å²) in [5, 5.41) is 13.5. The van der Waals surface area contributed by atoms with Crippen LogP contribution in [0.2, 0.25) is 0 Å². The Balaban J connectivity index is 1.91. The van der Waals surface area contributed by atoms with E-state index in [4.69, 9.17) is 5.11 Å². The van der Waals surface area contributed by atoms with Crippen molar-refractivity contribution < 1.29 is 5.11 Å². The molecule has 0 aliphatic rings. The molecule has 0 amide bonds. The minimum Gasteiger partial charge on any atom is -0.395 e. The molecule has 0 saturated heterocycles. The maximum absolute atomic E-state index is 8.95. The van der Waals surface area contributed by atoms with Crippen LogP contribution in [0.4, 0.5) is 11.4 Å². The van der Waals surface area contributed by atoms with Crippen LogP contribution < -0.4 is 10.2 Å². The van der Waals surface area contributed by atoms with E-state index in [0.29, 0.717) is 12.5 Å². The summed E-state index contributed by atoms with van der Waals surface area (Å²) >= 11 is 1.77. The van der Waals surface area contributed by atoms with Gasteiger partial charge in [0.05, 0.1) is 18.2 Å². The summed E-state index contributed by atoms with van der Waals surface area (Å²) in [6.07, 6.45) is 1.95. The lowest BCUT2D eigenvalue weighted by molar-refractivity contribution is 0.304. The van der Waals surface area contributed by atoms with Crippen molar-refractivity contribution >= 4 is 22.7 Å². The molecule has 0 saturated carbocycles. The summed E-state index contributed by atoms with van der Waals surface area (Å²) < 4.78 is 0. The first-order chi connectivity index (χ1) is 10.1. The number of aromatic nitrogens is 1. The molecule has 1 aromatic carbocycles. The van der Waals surface area contributed by atoms with Crippen molar-refractivity contribution in [2.45, 2.75) is 26.3 Å². The van der Waals surface area contributed by atoms with Crippen molar-refractivity contribution in [3.05, 3.63) is 40.3 Å². The van der Waals surface area contributed by atoms with E-state index in [0.717, 1.165) is 17.9 Å². The topological polar surface area (TPSA) is 48.4 Å². The third-order valence-electron chi connectivity index (χ3n) is 3.28. The molecule has 0 fully saturated rings. The van der Waals surface area contributed by atoms with E-state index in [1.165, 1.54) is 9.88 Å². The van der Waals surface area contributed by atoms with Crippen LogP contribution in [0, 0.1) is 0 Å². The number of nitrogens with zero attached hydrogens (tertiary/aromatic N) is 2. The van der Waals surface area contributed by atoms with Crippen LogP contribution in [0.5, 0.6) is 0 Å². The molecule has 0 spiro atoms. The fourth-order valence-electron chi connectivity index (χ4n) is 1.97. The molecule has 0 atom stereocenters. The molecule has 0 aliphatic heterocycles. The number of hydrogen-bond acceptors (Lipinski definition) is 5. The van der Waals surface area contributed by atoms with E-state index in [2.05, 4.69) is 48.4 Å². The minimum atomic E-state index is 0.167. The number of aliphatic hydroxyl groups excluding tert-OH is 1. The van der Waals surface area contributed by atoms with Gasteiger partial charge in [-0.3, -0.25) is 0 Å². The summed E-state index contributed by atoms with van der Waals surface area (Å²) in [4.78, 5) is 7.71. The first kappa shape index (κ1) is 15.8. The molecule has 2 N–H and O–H groups in total. The second kappa shape index (κ2) is 7.43. The Bertz CT molecular complexity index is 551. The number of likely N-dealkylation sites (N-methyl/N-ethyl adjacent to an activating group) is 1. The fraction of sp³-hybridized carbons (Fsp3) is 0.438. The monoisotopic (exact) mass is 305 g/mol. The molecule has 2 aromatic rings. The highest BCUT2D eigenvalue weighted by Crippen LogP contribution is 2.22. The first-order valence-corrected chi connectivity index (χ1v) is 8.02. The number of rotatable bonds is 7. The standard InChI is InChI=1S/C16H23N3OS/c1-12(2)16-18-11-15(21-16)10-17-13-4-6-14(7-5-13)19(3)8-9-20/h4-7,11-12,17,20H,8-10H2,1-3H3. The van der Waals surface area contributed by atoms with E-state index in [-0.39, 0.29) is 6.61 Å². The van der Waals surface area contributed by atoms with Gasteiger partial charge in [0.2, 0.25) is 0 Å². The van der Waals surface area contributed by atoms with Gasteiger partial charge >= 0.3 is 0 Å². The predicted octanol–water partition coefficient (Wildman–Crippen LogP) is 3.31. The summed E-state index contributed by atoms with van der Waals surface area (Å²) in [5.74, 6) is 0.491. The lowest BCUT2D eigenvalue weighted by Crippen LogP contribution is -2.20. The van der Waals surface area contributed by atoms with Gasteiger partial charge in [0, 0.05) is 42.0 Å². The normalized spacial score (nSPS) is 10.9. The van der Waals surface area contributed by atoms with Gasteiger partial charge < -0.3 is 15.3 Å². The molecule has 1 heterocycles. The van der Waals surface area contributed by atoms with Crippen molar-refractivity contribution in [2.75, 3.05) is 30.4 Å². The van der Waals surface area contributed by atoms with Crippen LogP contribution >= 0.6 is 11.3 Å². The first-order valence-electron chi connectivity index (χ1n) is 7.20.